The van der Waals surface area contributed by atoms with Crippen LogP contribution in [0.25, 0.3) is 11.3 Å². The van der Waals surface area contributed by atoms with Gasteiger partial charge in [-0.15, -0.1) is 0 Å². The lowest BCUT2D eigenvalue weighted by Gasteiger charge is -2.25. The van der Waals surface area contributed by atoms with Crippen LogP contribution in [0.15, 0.2) is 43.1 Å². The minimum atomic E-state index is -0.270. The molecule has 2 amide bonds. The molecule has 1 atom stereocenters. The summed E-state index contributed by atoms with van der Waals surface area (Å²) < 4.78 is 0. The molecule has 0 saturated carbocycles. The van der Waals surface area contributed by atoms with Crippen LogP contribution in [-0.4, -0.2) is 51.7 Å². The quantitative estimate of drug-likeness (QED) is 0.820. The van der Waals surface area contributed by atoms with Crippen molar-refractivity contribution in [1.82, 2.24) is 19.8 Å². The number of halogens is 1. The number of nitrogens with one attached hydrogen (secondary N) is 1. The number of rotatable bonds is 5. The molecule has 1 aliphatic heterocycles. The number of carbonyl (C=O) groups excluding carboxylic acids is 2. The number of aromatic nitrogens is 2. The molecule has 136 valence electrons. The van der Waals surface area contributed by atoms with E-state index in [1.165, 1.54) is 11.0 Å². The standard InChI is InChI=1S/C19H21ClN4O2/c1-3-17(25)23(2)12-18(26)24-10-6-9-16(24)19-21-11-15(22-19)13-7-4-5-8-14(13)20/h3-5,7-8,11,16H,1,6,9-10,12H2,2H3,(H,21,22). The number of hydrogen-bond donors (Lipinski definition) is 1. The molecule has 2 aromatic rings. The number of hydrogen-bond acceptors (Lipinski definition) is 3. The van der Waals surface area contributed by atoms with Crippen LogP contribution in [0.2, 0.25) is 5.02 Å². The molecular formula is C19H21ClN4O2. The highest BCUT2D eigenvalue weighted by molar-refractivity contribution is 6.33. The van der Waals surface area contributed by atoms with Crippen LogP contribution >= 0.6 is 11.6 Å². The zero-order valence-electron chi connectivity index (χ0n) is 14.6. The molecule has 7 heteroatoms. The summed E-state index contributed by atoms with van der Waals surface area (Å²) in [6.07, 6.45) is 4.68. The van der Waals surface area contributed by atoms with E-state index in [0.717, 1.165) is 29.9 Å². The zero-order chi connectivity index (χ0) is 18.7. The van der Waals surface area contributed by atoms with Gasteiger partial charge in [0.05, 0.1) is 24.5 Å². The molecule has 2 heterocycles. The first-order chi connectivity index (χ1) is 12.5. The van der Waals surface area contributed by atoms with Crippen LogP contribution in [0.5, 0.6) is 0 Å². The van der Waals surface area contributed by atoms with Crippen LogP contribution in [0.3, 0.4) is 0 Å². The average molecular weight is 373 g/mol. The van der Waals surface area contributed by atoms with Crippen molar-refractivity contribution in [2.24, 2.45) is 0 Å². The highest BCUT2D eigenvalue weighted by Crippen LogP contribution is 2.33. The number of amides is 2. The van der Waals surface area contributed by atoms with Crippen molar-refractivity contribution >= 4 is 23.4 Å². The topological polar surface area (TPSA) is 69.3 Å². The van der Waals surface area contributed by atoms with E-state index in [2.05, 4.69) is 16.5 Å². The average Bonchev–Trinajstić information content (AvgIpc) is 3.30. The molecule has 6 nitrogen and oxygen atoms in total. The van der Waals surface area contributed by atoms with Gasteiger partial charge in [-0.2, -0.15) is 0 Å². The molecular weight excluding hydrogens is 352 g/mol. The fourth-order valence-corrected chi connectivity index (χ4v) is 3.44. The molecule has 3 rings (SSSR count). The molecule has 1 N–H and O–H groups in total. The van der Waals surface area contributed by atoms with Crippen LogP contribution in [0, 0.1) is 0 Å². The largest absolute Gasteiger partial charge is 0.340 e. The fourth-order valence-electron chi connectivity index (χ4n) is 3.20. The smallest absolute Gasteiger partial charge is 0.246 e. The van der Waals surface area contributed by atoms with E-state index in [0.29, 0.717) is 11.6 Å². The van der Waals surface area contributed by atoms with Gasteiger partial charge in [-0.1, -0.05) is 36.4 Å². The zero-order valence-corrected chi connectivity index (χ0v) is 15.4. The Morgan fingerprint density at radius 2 is 2.23 bits per heavy atom. The van der Waals surface area contributed by atoms with Crippen molar-refractivity contribution in [3.8, 4) is 11.3 Å². The number of imidazole rings is 1. The molecule has 0 spiro atoms. The molecule has 1 saturated heterocycles. The third-order valence-electron chi connectivity index (χ3n) is 4.57. The number of aromatic amines is 1. The summed E-state index contributed by atoms with van der Waals surface area (Å²) in [6.45, 7) is 4.13. The minimum Gasteiger partial charge on any atom is -0.340 e. The third kappa shape index (κ3) is 3.65. The third-order valence-corrected chi connectivity index (χ3v) is 4.90. The van der Waals surface area contributed by atoms with Gasteiger partial charge in [0, 0.05) is 24.2 Å². The number of likely N-dealkylation sites (N-methyl/N-ethyl adjacent to an activating group) is 1. The molecule has 1 aromatic heterocycles. The summed E-state index contributed by atoms with van der Waals surface area (Å²) in [5, 5.41) is 0.645. The van der Waals surface area contributed by atoms with Gasteiger partial charge in [0.2, 0.25) is 11.8 Å². The second kappa shape index (κ2) is 7.74. The second-order valence-corrected chi connectivity index (χ2v) is 6.71. The summed E-state index contributed by atoms with van der Waals surface area (Å²) in [7, 11) is 1.59. The van der Waals surface area contributed by atoms with E-state index in [-0.39, 0.29) is 24.4 Å². The molecule has 1 aromatic carbocycles. The number of likely N-dealkylation sites (tertiary alicyclic amines) is 1. The highest BCUT2D eigenvalue weighted by Gasteiger charge is 2.32. The van der Waals surface area contributed by atoms with Gasteiger partial charge in [-0.25, -0.2) is 4.98 Å². The Labute approximate surface area is 157 Å². The van der Waals surface area contributed by atoms with Crippen LogP contribution < -0.4 is 0 Å². The molecule has 0 bridgehead atoms. The molecule has 1 aliphatic rings. The lowest BCUT2D eigenvalue weighted by atomic mass is 10.2. The lowest BCUT2D eigenvalue weighted by molar-refractivity contribution is -0.138. The fraction of sp³-hybridized carbons (Fsp3) is 0.316. The van der Waals surface area contributed by atoms with E-state index in [1.54, 1.807) is 18.1 Å². The maximum Gasteiger partial charge on any atom is 0.246 e. The first kappa shape index (κ1) is 18.2. The molecule has 26 heavy (non-hydrogen) atoms. The number of carbonyl (C=O) groups is 2. The van der Waals surface area contributed by atoms with E-state index < -0.39 is 0 Å². The Bertz CT molecular complexity index is 832. The Balaban J connectivity index is 1.77. The van der Waals surface area contributed by atoms with Crippen LogP contribution in [0.4, 0.5) is 0 Å². The van der Waals surface area contributed by atoms with Gasteiger partial charge >= 0.3 is 0 Å². The predicted molar refractivity (Wildman–Crippen MR) is 101 cm³/mol. The van der Waals surface area contributed by atoms with Crippen LogP contribution in [0.1, 0.15) is 24.7 Å². The van der Waals surface area contributed by atoms with Crippen molar-refractivity contribution in [3.05, 3.63) is 54.0 Å². The Morgan fingerprint density at radius 1 is 1.46 bits per heavy atom. The molecule has 0 aliphatic carbocycles. The van der Waals surface area contributed by atoms with Crippen molar-refractivity contribution < 1.29 is 9.59 Å². The van der Waals surface area contributed by atoms with Crippen molar-refractivity contribution in [3.63, 3.8) is 0 Å². The summed E-state index contributed by atoms with van der Waals surface area (Å²) in [6, 6.07) is 7.43. The van der Waals surface area contributed by atoms with E-state index >= 15 is 0 Å². The van der Waals surface area contributed by atoms with Crippen molar-refractivity contribution in [2.75, 3.05) is 20.1 Å². The van der Waals surface area contributed by atoms with E-state index in [4.69, 9.17) is 11.6 Å². The van der Waals surface area contributed by atoms with Gasteiger partial charge < -0.3 is 14.8 Å². The van der Waals surface area contributed by atoms with E-state index in [9.17, 15) is 9.59 Å². The number of benzene rings is 1. The first-order valence-electron chi connectivity index (χ1n) is 8.48. The summed E-state index contributed by atoms with van der Waals surface area (Å²) in [5.41, 5.74) is 1.70. The number of nitrogens with zero attached hydrogens (tertiary/aromatic N) is 3. The molecule has 1 unspecified atom stereocenters. The van der Waals surface area contributed by atoms with Crippen LogP contribution in [-0.2, 0) is 9.59 Å². The van der Waals surface area contributed by atoms with E-state index in [1.807, 2.05) is 24.3 Å². The van der Waals surface area contributed by atoms with Gasteiger partial charge in [0.25, 0.3) is 0 Å². The second-order valence-electron chi connectivity index (χ2n) is 6.31. The predicted octanol–water partition coefficient (Wildman–Crippen LogP) is 3.04. The van der Waals surface area contributed by atoms with Gasteiger partial charge in [-0.3, -0.25) is 9.59 Å². The Hall–Kier alpha value is -2.60. The van der Waals surface area contributed by atoms with Gasteiger partial charge in [0.1, 0.15) is 5.82 Å². The first-order valence-corrected chi connectivity index (χ1v) is 8.86. The molecule has 1 fully saturated rings. The van der Waals surface area contributed by atoms with Crippen molar-refractivity contribution in [1.29, 1.82) is 0 Å². The molecule has 0 radical (unpaired) electrons. The summed E-state index contributed by atoms with van der Waals surface area (Å²) >= 11 is 6.25. The normalized spacial score (nSPS) is 16.5. The SMILES string of the molecule is C=CC(=O)N(C)CC(=O)N1CCCC1c1ncc(-c2ccccc2Cl)[nH]1. The lowest BCUT2D eigenvalue weighted by Crippen LogP contribution is -2.40. The highest BCUT2D eigenvalue weighted by atomic mass is 35.5. The summed E-state index contributed by atoms with van der Waals surface area (Å²) in [4.78, 5) is 35.2. The maximum absolute atomic E-state index is 12.6. The van der Waals surface area contributed by atoms with Gasteiger partial charge in [0.15, 0.2) is 0 Å². The Morgan fingerprint density at radius 3 is 2.96 bits per heavy atom. The van der Waals surface area contributed by atoms with Crippen molar-refractivity contribution in [2.45, 2.75) is 18.9 Å². The van der Waals surface area contributed by atoms with Gasteiger partial charge in [-0.05, 0) is 25.0 Å². The maximum atomic E-state index is 12.6. The minimum absolute atomic E-state index is 0.0272. The number of H-pyrrole nitrogens is 1. The Kier molecular flexibility index (Phi) is 5.42. The summed E-state index contributed by atoms with van der Waals surface area (Å²) in [5.74, 6) is 0.373. The monoisotopic (exact) mass is 372 g/mol.